The molecule has 0 saturated carbocycles. The third kappa shape index (κ3) is 1.50. The molecule has 0 saturated heterocycles. The molecule has 0 bridgehead atoms. The van der Waals surface area contributed by atoms with Gasteiger partial charge in [0.05, 0.1) is 6.61 Å². The molecule has 0 spiro atoms. The summed E-state index contributed by atoms with van der Waals surface area (Å²) < 4.78 is 5.56. The van der Waals surface area contributed by atoms with Crippen LogP contribution in [0.5, 0.6) is 5.75 Å². The van der Waals surface area contributed by atoms with Crippen molar-refractivity contribution in [3.63, 3.8) is 0 Å². The molecule has 0 amide bonds. The molecule has 1 aliphatic carbocycles. The van der Waals surface area contributed by atoms with Gasteiger partial charge < -0.3 is 10.5 Å². The maximum absolute atomic E-state index is 6.00. The van der Waals surface area contributed by atoms with E-state index in [9.17, 15) is 0 Å². The van der Waals surface area contributed by atoms with Crippen molar-refractivity contribution in [2.45, 2.75) is 32.7 Å². The van der Waals surface area contributed by atoms with Gasteiger partial charge in [-0.1, -0.05) is 6.07 Å². The van der Waals surface area contributed by atoms with E-state index in [4.69, 9.17) is 10.5 Å². The van der Waals surface area contributed by atoms with E-state index in [0.717, 1.165) is 25.2 Å². The molecule has 0 aromatic heterocycles. The summed E-state index contributed by atoms with van der Waals surface area (Å²) in [4.78, 5) is 0. The predicted molar refractivity (Wildman–Crippen MR) is 57.6 cm³/mol. The fraction of sp³-hybridized carbons (Fsp3) is 0.500. The zero-order valence-corrected chi connectivity index (χ0v) is 8.84. The normalized spacial score (nSPS) is 19.5. The second-order valence-corrected chi connectivity index (χ2v) is 3.89. The molecule has 76 valence electrons. The molecule has 2 N–H and O–H groups in total. The van der Waals surface area contributed by atoms with Gasteiger partial charge in [0.25, 0.3) is 0 Å². The van der Waals surface area contributed by atoms with Crippen molar-refractivity contribution in [3.8, 4) is 5.75 Å². The van der Waals surface area contributed by atoms with Gasteiger partial charge in [0.15, 0.2) is 0 Å². The highest BCUT2D eigenvalue weighted by Crippen LogP contribution is 2.34. The molecule has 2 nitrogen and oxygen atoms in total. The Morgan fingerprint density at radius 1 is 1.50 bits per heavy atom. The Hall–Kier alpha value is -1.02. The van der Waals surface area contributed by atoms with E-state index in [2.05, 4.69) is 19.1 Å². The number of nitrogens with two attached hydrogens (primary N) is 1. The van der Waals surface area contributed by atoms with Gasteiger partial charge in [-0.2, -0.15) is 0 Å². The lowest BCUT2D eigenvalue weighted by Gasteiger charge is -2.11. The fourth-order valence-electron chi connectivity index (χ4n) is 2.09. The molecular weight excluding hydrogens is 174 g/mol. The van der Waals surface area contributed by atoms with E-state index in [1.54, 1.807) is 0 Å². The summed E-state index contributed by atoms with van der Waals surface area (Å²) in [5, 5.41) is 0. The Kier molecular flexibility index (Phi) is 2.46. The Morgan fingerprint density at radius 2 is 2.29 bits per heavy atom. The molecule has 1 aromatic rings. The van der Waals surface area contributed by atoms with Crippen LogP contribution in [-0.4, -0.2) is 6.61 Å². The van der Waals surface area contributed by atoms with E-state index < -0.39 is 0 Å². The lowest BCUT2D eigenvalue weighted by molar-refractivity contribution is 0.337. The van der Waals surface area contributed by atoms with Crippen LogP contribution in [0, 0.1) is 6.92 Å². The number of aryl methyl sites for hydroxylation is 2. The average molecular weight is 191 g/mol. The topological polar surface area (TPSA) is 35.2 Å². The highest BCUT2D eigenvalue weighted by Gasteiger charge is 2.20. The van der Waals surface area contributed by atoms with Gasteiger partial charge in [-0.15, -0.1) is 0 Å². The zero-order chi connectivity index (χ0) is 10.1. The molecule has 1 aliphatic rings. The van der Waals surface area contributed by atoms with E-state index in [1.807, 2.05) is 6.92 Å². The number of hydrogen-bond donors (Lipinski definition) is 1. The summed E-state index contributed by atoms with van der Waals surface area (Å²) in [6.07, 6.45) is 2.17. The second kappa shape index (κ2) is 3.62. The van der Waals surface area contributed by atoms with Gasteiger partial charge in [-0.25, -0.2) is 0 Å². The Bertz CT molecular complexity index is 346. The third-order valence-corrected chi connectivity index (χ3v) is 2.86. The van der Waals surface area contributed by atoms with Crippen LogP contribution in [0.4, 0.5) is 0 Å². The minimum absolute atomic E-state index is 0.236. The van der Waals surface area contributed by atoms with Crippen LogP contribution in [0.2, 0.25) is 0 Å². The van der Waals surface area contributed by atoms with Gasteiger partial charge in [-0.3, -0.25) is 0 Å². The number of benzene rings is 1. The summed E-state index contributed by atoms with van der Waals surface area (Å²) in [6.45, 7) is 4.82. The number of fused-ring (bicyclic) bond motifs is 1. The lowest BCUT2D eigenvalue weighted by Crippen LogP contribution is -2.05. The summed E-state index contributed by atoms with van der Waals surface area (Å²) in [7, 11) is 0. The molecule has 0 radical (unpaired) electrons. The van der Waals surface area contributed by atoms with Crippen molar-refractivity contribution in [3.05, 3.63) is 28.8 Å². The molecule has 0 heterocycles. The molecule has 1 unspecified atom stereocenters. The van der Waals surface area contributed by atoms with Gasteiger partial charge in [0.2, 0.25) is 0 Å². The number of rotatable bonds is 2. The van der Waals surface area contributed by atoms with Gasteiger partial charge in [0, 0.05) is 6.04 Å². The monoisotopic (exact) mass is 191 g/mol. The minimum Gasteiger partial charge on any atom is -0.494 e. The maximum Gasteiger partial charge on any atom is 0.122 e. The first-order chi connectivity index (χ1) is 6.72. The van der Waals surface area contributed by atoms with E-state index in [-0.39, 0.29) is 6.04 Å². The van der Waals surface area contributed by atoms with Crippen LogP contribution >= 0.6 is 0 Å². The maximum atomic E-state index is 6.00. The molecule has 0 fully saturated rings. The minimum atomic E-state index is 0.236. The van der Waals surface area contributed by atoms with Crippen molar-refractivity contribution >= 4 is 0 Å². The van der Waals surface area contributed by atoms with Crippen molar-refractivity contribution in [2.75, 3.05) is 6.61 Å². The van der Waals surface area contributed by atoms with Gasteiger partial charge >= 0.3 is 0 Å². The van der Waals surface area contributed by atoms with Crippen LogP contribution in [0.25, 0.3) is 0 Å². The standard InChI is InChI=1S/C12H17NO/c1-3-14-12-7-9-4-5-11(13)10(9)6-8(12)2/h6-7,11H,3-5,13H2,1-2H3. The van der Waals surface area contributed by atoms with E-state index in [1.165, 1.54) is 16.7 Å². The summed E-state index contributed by atoms with van der Waals surface area (Å²) >= 11 is 0. The molecule has 1 atom stereocenters. The van der Waals surface area contributed by atoms with Crippen LogP contribution in [0.1, 0.15) is 36.1 Å². The molecule has 2 rings (SSSR count). The first-order valence-corrected chi connectivity index (χ1v) is 5.24. The largest absolute Gasteiger partial charge is 0.494 e. The van der Waals surface area contributed by atoms with Crippen LogP contribution < -0.4 is 10.5 Å². The summed E-state index contributed by atoms with van der Waals surface area (Å²) in [5.41, 5.74) is 9.87. The smallest absolute Gasteiger partial charge is 0.122 e. The van der Waals surface area contributed by atoms with Crippen molar-refractivity contribution in [2.24, 2.45) is 5.73 Å². The summed E-state index contributed by atoms with van der Waals surface area (Å²) in [6, 6.07) is 4.57. The van der Waals surface area contributed by atoms with Gasteiger partial charge in [-0.05, 0) is 49.4 Å². The third-order valence-electron chi connectivity index (χ3n) is 2.86. The van der Waals surface area contributed by atoms with E-state index >= 15 is 0 Å². The Balaban J connectivity index is 2.40. The highest BCUT2D eigenvalue weighted by molar-refractivity contribution is 5.45. The predicted octanol–water partition coefficient (Wildman–Crippen LogP) is 2.34. The summed E-state index contributed by atoms with van der Waals surface area (Å²) in [5.74, 6) is 1.01. The van der Waals surface area contributed by atoms with Crippen molar-refractivity contribution in [1.82, 2.24) is 0 Å². The zero-order valence-electron chi connectivity index (χ0n) is 8.84. The number of hydrogen-bond acceptors (Lipinski definition) is 2. The SMILES string of the molecule is CCOc1cc2c(cc1C)C(N)CC2. The quantitative estimate of drug-likeness (QED) is 0.778. The Labute approximate surface area is 85.1 Å². The fourth-order valence-corrected chi connectivity index (χ4v) is 2.09. The first-order valence-electron chi connectivity index (χ1n) is 5.24. The van der Waals surface area contributed by atoms with Crippen LogP contribution in [-0.2, 0) is 6.42 Å². The average Bonchev–Trinajstić information content (AvgIpc) is 2.50. The number of ether oxygens (including phenoxy) is 1. The Morgan fingerprint density at radius 3 is 3.00 bits per heavy atom. The molecular formula is C12H17NO. The van der Waals surface area contributed by atoms with Crippen LogP contribution in [0.15, 0.2) is 12.1 Å². The van der Waals surface area contributed by atoms with E-state index in [0.29, 0.717) is 0 Å². The lowest BCUT2D eigenvalue weighted by atomic mass is 10.0. The van der Waals surface area contributed by atoms with Crippen molar-refractivity contribution < 1.29 is 4.74 Å². The molecule has 14 heavy (non-hydrogen) atoms. The molecule has 2 heteroatoms. The molecule has 1 aromatic carbocycles. The van der Waals surface area contributed by atoms with Gasteiger partial charge in [0.1, 0.15) is 5.75 Å². The first kappa shape index (κ1) is 9.53. The highest BCUT2D eigenvalue weighted by atomic mass is 16.5. The van der Waals surface area contributed by atoms with Crippen molar-refractivity contribution in [1.29, 1.82) is 0 Å². The van der Waals surface area contributed by atoms with Crippen LogP contribution in [0.3, 0.4) is 0 Å². The second-order valence-electron chi connectivity index (χ2n) is 3.89. The molecule has 0 aliphatic heterocycles.